The van der Waals surface area contributed by atoms with Crippen molar-refractivity contribution in [1.29, 1.82) is 0 Å². The molecular formula is C17H24N2O. The number of nitrogens with one attached hydrogen (secondary N) is 1. The monoisotopic (exact) mass is 272 g/mol. The van der Waals surface area contributed by atoms with Gasteiger partial charge in [-0.25, -0.2) is 0 Å². The zero-order valence-electron chi connectivity index (χ0n) is 12.9. The summed E-state index contributed by atoms with van der Waals surface area (Å²) in [5.41, 5.74) is 3.47. The average molecular weight is 272 g/mol. The quantitative estimate of drug-likeness (QED) is 0.887. The summed E-state index contributed by atoms with van der Waals surface area (Å²) < 4.78 is 5.43. The molecule has 2 aromatic rings. The topological polar surface area (TPSA) is 38.1 Å². The number of hydrogen-bond donors (Lipinski definition) is 1. The second kappa shape index (κ2) is 6.23. The molecule has 1 aromatic heterocycles. The van der Waals surface area contributed by atoms with Gasteiger partial charge >= 0.3 is 0 Å². The minimum Gasteiger partial charge on any atom is -0.356 e. The van der Waals surface area contributed by atoms with E-state index in [0.29, 0.717) is 0 Å². The van der Waals surface area contributed by atoms with E-state index < -0.39 is 0 Å². The van der Waals surface area contributed by atoms with E-state index in [9.17, 15) is 0 Å². The van der Waals surface area contributed by atoms with Crippen LogP contribution in [-0.2, 0) is 13.0 Å². The maximum atomic E-state index is 5.43. The molecule has 1 heterocycles. The molecule has 108 valence electrons. The van der Waals surface area contributed by atoms with Gasteiger partial charge in [-0.15, -0.1) is 0 Å². The lowest BCUT2D eigenvalue weighted by Gasteiger charge is -2.19. The first-order valence-electron chi connectivity index (χ1n) is 7.28. The number of hydrogen-bond acceptors (Lipinski definition) is 3. The molecule has 0 atom stereocenters. The minimum atomic E-state index is 0.0842. The van der Waals surface area contributed by atoms with Crippen molar-refractivity contribution in [2.45, 2.75) is 52.6 Å². The third-order valence-electron chi connectivity index (χ3n) is 3.14. The highest BCUT2D eigenvalue weighted by molar-refractivity contribution is 5.57. The zero-order valence-corrected chi connectivity index (χ0v) is 12.9. The lowest BCUT2D eigenvalue weighted by Crippen LogP contribution is -2.35. The SMILES string of the molecule is CCCc1ccc(-c2cc(CNC(C)(C)C)no2)cc1. The highest BCUT2D eigenvalue weighted by Crippen LogP contribution is 2.21. The summed E-state index contributed by atoms with van der Waals surface area (Å²) in [7, 11) is 0. The first kappa shape index (κ1) is 14.8. The van der Waals surface area contributed by atoms with Gasteiger partial charge in [0, 0.05) is 23.7 Å². The first-order valence-corrected chi connectivity index (χ1v) is 7.28. The fraction of sp³-hybridized carbons (Fsp3) is 0.471. The minimum absolute atomic E-state index is 0.0842. The van der Waals surface area contributed by atoms with Crippen LogP contribution < -0.4 is 5.32 Å². The number of benzene rings is 1. The molecule has 20 heavy (non-hydrogen) atoms. The van der Waals surface area contributed by atoms with Crippen molar-refractivity contribution in [3.63, 3.8) is 0 Å². The normalized spacial score (nSPS) is 11.8. The summed E-state index contributed by atoms with van der Waals surface area (Å²) in [6.07, 6.45) is 2.29. The number of aryl methyl sites for hydroxylation is 1. The van der Waals surface area contributed by atoms with Crippen molar-refractivity contribution in [3.05, 3.63) is 41.6 Å². The molecule has 0 radical (unpaired) electrons. The molecular weight excluding hydrogens is 248 g/mol. The van der Waals surface area contributed by atoms with Gasteiger partial charge in [0.05, 0.1) is 5.69 Å². The summed E-state index contributed by atoms with van der Waals surface area (Å²) >= 11 is 0. The first-order chi connectivity index (χ1) is 9.48. The van der Waals surface area contributed by atoms with Crippen LogP contribution in [0, 0.1) is 0 Å². The maximum Gasteiger partial charge on any atom is 0.167 e. The molecule has 0 fully saturated rings. The van der Waals surface area contributed by atoms with Crippen LogP contribution in [0.25, 0.3) is 11.3 Å². The van der Waals surface area contributed by atoms with Gasteiger partial charge < -0.3 is 9.84 Å². The van der Waals surface area contributed by atoms with E-state index in [4.69, 9.17) is 4.52 Å². The predicted molar refractivity (Wildman–Crippen MR) is 82.5 cm³/mol. The van der Waals surface area contributed by atoms with Crippen LogP contribution in [0.1, 0.15) is 45.4 Å². The second-order valence-corrected chi connectivity index (χ2v) is 6.23. The van der Waals surface area contributed by atoms with Crippen molar-refractivity contribution in [3.8, 4) is 11.3 Å². The molecule has 0 saturated carbocycles. The molecule has 0 spiro atoms. The fourth-order valence-corrected chi connectivity index (χ4v) is 2.01. The van der Waals surface area contributed by atoms with Crippen molar-refractivity contribution < 1.29 is 4.52 Å². The van der Waals surface area contributed by atoms with Crippen LogP contribution in [0.5, 0.6) is 0 Å². The van der Waals surface area contributed by atoms with E-state index in [0.717, 1.165) is 30.0 Å². The molecule has 0 aliphatic rings. The number of aromatic nitrogens is 1. The Kier molecular flexibility index (Phi) is 4.61. The molecule has 0 amide bonds. The molecule has 0 aliphatic heterocycles. The number of nitrogens with zero attached hydrogens (tertiary/aromatic N) is 1. The average Bonchev–Trinajstić information content (AvgIpc) is 2.86. The fourth-order valence-electron chi connectivity index (χ4n) is 2.01. The second-order valence-electron chi connectivity index (χ2n) is 6.23. The molecule has 3 nitrogen and oxygen atoms in total. The summed E-state index contributed by atoms with van der Waals surface area (Å²) in [5, 5.41) is 7.52. The summed E-state index contributed by atoms with van der Waals surface area (Å²) in [4.78, 5) is 0. The largest absolute Gasteiger partial charge is 0.356 e. The Morgan fingerprint density at radius 1 is 1.15 bits per heavy atom. The van der Waals surface area contributed by atoms with Gasteiger partial charge in [0.1, 0.15) is 0 Å². The Morgan fingerprint density at radius 3 is 2.45 bits per heavy atom. The third-order valence-corrected chi connectivity index (χ3v) is 3.14. The van der Waals surface area contributed by atoms with Crippen LogP contribution in [0.15, 0.2) is 34.9 Å². The lowest BCUT2D eigenvalue weighted by molar-refractivity contribution is 0.392. The van der Waals surface area contributed by atoms with E-state index in [1.165, 1.54) is 12.0 Å². The molecule has 3 heteroatoms. The van der Waals surface area contributed by atoms with Crippen LogP contribution in [0.3, 0.4) is 0 Å². The zero-order chi connectivity index (χ0) is 14.6. The molecule has 0 saturated heterocycles. The van der Waals surface area contributed by atoms with E-state index in [1.807, 2.05) is 6.07 Å². The van der Waals surface area contributed by atoms with Crippen LogP contribution in [-0.4, -0.2) is 10.7 Å². The van der Waals surface area contributed by atoms with Crippen LogP contribution in [0.2, 0.25) is 0 Å². The van der Waals surface area contributed by atoms with Crippen molar-refractivity contribution in [2.24, 2.45) is 0 Å². The van der Waals surface area contributed by atoms with Gasteiger partial charge in [0.15, 0.2) is 5.76 Å². The Hall–Kier alpha value is -1.61. The van der Waals surface area contributed by atoms with Gasteiger partial charge in [0.25, 0.3) is 0 Å². The molecule has 0 aliphatic carbocycles. The smallest absolute Gasteiger partial charge is 0.167 e. The lowest BCUT2D eigenvalue weighted by atomic mass is 10.1. The summed E-state index contributed by atoms with van der Waals surface area (Å²) in [6.45, 7) is 9.33. The Labute approximate surface area is 121 Å². The van der Waals surface area contributed by atoms with E-state index in [2.05, 4.69) is 62.4 Å². The van der Waals surface area contributed by atoms with E-state index >= 15 is 0 Å². The number of rotatable bonds is 5. The van der Waals surface area contributed by atoms with Gasteiger partial charge in [-0.05, 0) is 32.8 Å². The van der Waals surface area contributed by atoms with Crippen molar-refractivity contribution in [2.75, 3.05) is 0 Å². The van der Waals surface area contributed by atoms with Gasteiger partial charge in [-0.3, -0.25) is 0 Å². The van der Waals surface area contributed by atoms with E-state index in [1.54, 1.807) is 0 Å². The standard InChI is InChI=1S/C17H24N2O/c1-5-6-13-7-9-14(10-8-13)16-11-15(19-20-16)12-18-17(2,3)4/h7-11,18H,5-6,12H2,1-4H3. The van der Waals surface area contributed by atoms with Crippen LogP contribution >= 0.6 is 0 Å². The van der Waals surface area contributed by atoms with Crippen molar-refractivity contribution >= 4 is 0 Å². The van der Waals surface area contributed by atoms with Gasteiger partial charge in [0.2, 0.25) is 0 Å². The van der Waals surface area contributed by atoms with Crippen LogP contribution in [0.4, 0.5) is 0 Å². The molecule has 0 bridgehead atoms. The molecule has 0 unspecified atom stereocenters. The third kappa shape index (κ3) is 4.20. The Morgan fingerprint density at radius 2 is 1.85 bits per heavy atom. The molecule has 2 rings (SSSR count). The highest BCUT2D eigenvalue weighted by Gasteiger charge is 2.11. The van der Waals surface area contributed by atoms with Gasteiger partial charge in [-0.1, -0.05) is 42.8 Å². The molecule has 1 aromatic carbocycles. The summed E-state index contributed by atoms with van der Waals surface area (Å²) in [5.74, 6) is 0.832. The predicted octanol–water partition coefficient (Wildman–Crippen LogP) is 4.18. The Balaban J connectivity index is 2.04. The Bertz CT molecular complexity index is 535. The van der Waals surface area contributed by atoms with E-state index in [-0.39, 0.29) is 5.54 Å². The highest BCUT2D eigenvalue weighted by atomic mass is 16.5. The maximum absolute atomic E-state index is 5.43. The molecule has 1 N–H and O–H groups in total. The van der Waals surface area contributed by atoms with Gasteiger partial charge in [-0.2, -0.15) is 0 Å². The summed E-state index contributed by atoms with van der Waals surface area (Å²) in [6, 6.07) is 10.5. The van der Waals surface area contributed by atoms with Crippen molar-refractivity contribution in [1.82, 2.24) is 10.5 Å².